The van der Waals surface area contributed by atoms with Gasteiger partial charge in [-0.2, -0.15) is 0 Å². The molecule has 0 fully saturated rings. The molecule has 1 aromatic carbocycles. The summed E-state index contributed by atoms with van der Waals surface area (Å²) in [4.78, 5) is 15.9. The Morgan fingerprint density at radius 1 is 1.25 bits per heavy atom. The highest BCUT2D eigenvalue weighted by Crippen LogP contribution is 2.09. The fourth-order valence-electron chi connectivity index (χ4n) is 1.38. The molecule has 2 nitrogen and oxygen atoms in total. The van der Waals surface area contributed by atoms with Gasteiger partial charge in [0, 0.05) is 11.8 Å². The number of halogens is 1. The van der Waals surface area contributed by atoms with Crippen LogP contribution in [-0.4, -0.2) is 10.8 Å². The molecule has 2 aromatic rings. The molecule has 0 aliphatic rings. The fraction of sp³-hybridized carbons (Fsp3) is 0.0769. The molecular formula is C13H10FNO. The zero-order valence-corrected chi connectivity index (χ0v) is 8.77. The van der Waals surface area contributed by atoms with Gasteiger partial charge >= 0.3 is 0 Å². The predicted octanol–water partition coefficient (Wildman–Crippen LogP) is 2.76. The number of aryl methyl sites for hydroxylation is 1. The van der Waals surface area contributed by atoms with E-state index in [-0.39, 0.29) is 5.78 Å². The first-order chi connectivity index (χ1) is 7.66. The van der Waals surface area contributed by atoms with E-state index < -0.39 is 5.82 Å². The molecule has 0 aliphatic carbocycles. The van der Waals surface area contributed by atoms with Gasteiger partial charge in [0.05, 0.1) is 0 Å². The van der Waals surface area contributed by atoms with E-state index >= 15 is 0 Å². The number of carbonyl (C=O) groups is 1. The van der Waals surface area contributed by atoms with Crippen LogP contribution >= 0.6 is 0 Å². The highest BCUT2D eigenvalue weighted by molar-refractivity contribution is 6.07. The summed E-state index contributed by atoms with van der Waals surface area (Å²) in [6.45, 7) is 1.89. The van der Waals surface area contributed by atoms with Crippen molar-refractivity contribution in [2.45, 2.75) is 6.92 Å². The van der Waals surface area contributed by atoms with Crippen molar-refractivity contribution in [3.63, 3.8) is 0 Å². The summed E-state index contributed by atoms with van der Waals surface area (Å²) in [5, 5.41) is 0. The van der Waals surface area contributed by atoms with Crippen LogP contribution in [0.3, 0.4) is 0 Å². The Hall–Kier alpha value is -2.03. The van der Waals surface area contributed by atoms with Crippen molar-refractivity contribution in [3.8, 4) is 0 Å². The summed E-state index contributed by atoms with van der Waals surface area (Å²) in [7, 11) is 0. The maximum absolute atomic E-state index is 12.9. The van der Waals surface area contributed by atoms with Crippen LogP contribution < -0.4 is 0 Å². The number of hydrogen-bond acceptors (Lipinski definition) is 2. The minimum Gasteiger partial charge on any atom is -0.287 e. The van der Waals surface area contributed by atoms with E-state index in [0.29, 0.717) is 11.3 Å². The Morgan fingerprint density at radius 2 is 2.06 bits per heavy atom. The minimum atomic E-state index is -0.419. The molecule has 0 unspecified atom stereocenters. The number of benzene rings is 1. The minimum absolute atomic E-state index is 0.264. The summed E-state index contributed by atoms with van der Waals surface area (Å²) in [6, 6.07) is 9.05. The van der Waals surface area contributed by atoms with Gasteiger partial charge in [-0.05, 0) is 30.7 Å². The van der Waals surface area contributed by atoms with Crippen LogP contribution in [0.5, 0.6) is 0 Å². The first-order valence-electron chi connectivity index (χ1n) is 4.90. The van der Waals surface area contributed by atoms with Gasteiger partial charge in [0.2, 0.25) is 5.78 Å². The van der Waals surface area contributed by atoms with Crippen LogP contribution in [0, 0.1) is 12.7 Å². The molecule has 80 valence electrons. The van der Waals surface area contributed by atoms with Crippen molar-refractivity contribution < 1.29 is 9.18 Å². The van der Waals surface area contributed by atoms with Gasteiger partial charge < -0.3 is 0 Å². The summed E-state index contributed by atoms with van der Waals surface area (Å²) >= 11 is 0. The number of ketones is 1. The second-order valence-electron chi connectivity index (χ2n) is 3.56. The molecule has 1 heterocycles. The van der Waals surface area contributed by atoms with Gasteiger partial charge in [0.1, 0.15) is 11.5 Å². The predicted molar refractivity (Wildman–Crippen MR) is 58.8 cm³/mol. The van der Waals surface area contributed by atoms with E-state index in [1.165, 1.54) is 18.2 Å². The zero-order chi connectivity index (χ0) is 11.5. The van der Waals surface area contributed by atoms with E-state index in [4.69, 9.17) is 0 Å². The van der Waals surface area contributed by atoms with Gasteiger partial charge in [-0.15, -0.1) is 0 Å². The van der Waals surface area contributed by atoms with Gasteiger partial charge in [-0.3, -0.25) is 9.78 Å². The fourth-order valence-corrected chi connectivity index (χ4v) is 1.38. The molecule has 3 heteroatoms. The molecule has 0 saturated carbocycles. The lowest BCUT2D eigenvalue weighted by Gasteiger charge is -2.00. The van der Waals surface area contributed by atoms with E-state index in [1.807, 2.05) is 6.92 Å². The van der Waals surface area contributed by atoms with Gasteiger partial charge in [0.25, 0.3) is 0 Å². The van der Waals surface area contributed by atoms with E-state index in [1.54, 1.807) is 24.4 Å². The lowest BCUT2D eigenvalue weighted by atomic mass is 10.1. The average Bonchev–Trinajstić information content (AvgIpc) is 2.29. The van der Waals surface area contributed by atoms with Gasteiger partial charge in [0.15, 0.2) is 0 Å². The lowest BCUT2D eigenvalue weighted by Crippen LogP contribution is -2.04. The second-order valence-corrected chi connectivity index (χ2v) is 3.56. The number of aromatic nitrogens is 1. The molecule has 0 amide bonds. The van der Waals surface area contributed by atoms with Gasteiger partial charge in [-0.1, -0.05) is 18.2 Å². The van der Waals surface area contributed by atoms with Crippen LogP contribution in [0.25, 0.3) is 0 Å². The maximum Gasteiger partial charge on any atom is 0.211 e. The van der Waals surface area contributed by atoms with Crippen LogP contribution in [0.1, 0.15) is 21.6 Å². The quantitative estimate of drug-likeness (QED) is 0.721. The summed E-state index contributed by atoms with van der Waals surface area (Å²) in [5.41, 5.74) is 1.63. The number of nitrogens with zero attached hydrogens (tertiary/aromatic N) is 1. The van der Waals surface area contributed by atoms with Crippen molar-refractivity contribution in [1.82, 2.24) is 4.98 Å². The summed E-state index contributed by atoms with van der Waals surface area (Å²) < 4.78 is 12.9. The van der Waals surface area contributed by atoms with Crippen molar-refractivity contribution in [2.24, 2.45) is 0 Å². The van der Waals surface area contributed by atoms with Crippen molar-refractivity contribution in [1.29, 1.82) is 0 Å². The molecule has 1 aromatic heterocycles. The Bertz CT molecular complexity index is 520. The molecular weight excluding hydrogens is 205 g/mol. The third-order valence-corrected chi connectivity index (χ3v) is 2.23. The number of hydrogen-bond donors (Lipinski definition) is 0. The molecule has 0 atom stereocenters. The molecule has 0 aliphatic heterocycles. The van der Waals surface area contributed by atoms with Crippen LogP contribution in [-0.2, 0) is 0 Å². The maximum atomic E-state index is 12.9. The molecule has 0 N–H and O–H groups in total. The monoisotopic (exact) mass is 215 g/mol. The lowest BCUT2D eigenvalue weighted by molar-refractivity contribution is 0.103. The molecule has 2 rings (SSSR count). The third-order valence-electron chi connectivity index (χ3n) is 2.23. The standard InChI is InChI=1S/C13H10FNO/c1-9-5-6-12(15-8-9)13(16)10-3-2-4-11(14)7-10/h2-8H,1H3. The van der Waals surface area contributed by atoms with Crippen LogP contribution in [0.2, 0.25) is 0 Å². The van der Waals surface area contributed by atoms with E-state index in [0.717, 1.165) is 5.56 Å². The number of rotatable bonds is 2. The van der Waals surface area contributed by atoms with Crippen molar-refractivity contribution >= 4 is 5.78 Å². The third kappa shape index (κ3) is 2.14. The molecule has 0 saturated heterocycles. The number of carbonyl (C=O) groups excluding carboxylic acids is 1. The summed E-state index contributed by atoms with van der Waals surface area (Å²) in [5.74, 6) is -0.683. The van der Waals surface area contributed by atoms with Crippen molar-refractivity contribution in [2.75, 3.05) is 0 Å². The average molecular weight is 215 g/mol. The van der Waals surface area contributed by atoms with E-state index in [2.05, 4.69) is 4.98 Å². The Kier molecular flexibility index (Phi) is 2.77. The first kappa shape index (κ1) is 10.5. The molecule has 16 heavy (non-hydrogen) atoms. The first-order valence-corrected chi connectivity index (χ1v) is 4.90. The van der Waals surface area contributed by atoms with E-state index in [9.17, 15) is 9.18 Å². The smallest absolute Gasteiger partial charge is 0.211 e. The Morgan fingerprint density at radius 3 is 2.69 bits per heavy atom. The Labute approximate surface area is 92.8 Å². The number of pyridine rings is 1. The highest BCUT2D eigenvalue weighted by atomic mass is 19.1. The largest absolute Gasteiger partial charge is 0.287 e. The summed E-state index contributed by atoms with van der Waals surface area (Å²) in [6.07, 6.45) is 1.62. The molecule has 0 radical (unpaired) electrons. The normalized spacial score (nSPS) is 10.1. The Balaban J connectivity index is 2.35. The molecule has 0 bridgehead atoms. The van der Waals surface area contributed by atoms with Crippen LogP contribution in [0.15, 0.2) is 42.6 Å². The van der Waals surface area contributed by atoms with Crippen molar-refractivity contribution in [3.05, 3.63) is 65.2 Å². The molecule has 0 spiro atoms. The highest BCUT2D eigenvalue weighted by Gasteiger charge is 2.10. The topological polar surface area (TPSA) is 30.0 Å². The van der Waals surface area contributed by atoms with Gasteiger partial charge in [-0.25, -0.2) is 4.39 Å². The van der Waals surface area contributed by atoms with Crippen LogP contribution in [0.4, 0.5) is 4.39 Å². The SMILES string of the molecule is Cc1ccc(C(=O)c2cccc(F)c2)nc1. The zero-order valence-electron chi connectivity index (χ0n) is 8.77. The second kappa shape index (κ2) is 4.23.